The Morgan fingerprint density at radius 2 is 2.09 bits per heavy atom. The van der Waals surface area contributed by atoms with Crippen LogP contribution in [0.4, 0.5) is 4.39 Å². The first-order chi connectivity index (χ1) is 5.11. The van der Waals surface area contributed by atoms with Crippen LogP contribution in [0.2, 0.25) is 0 Å². The largest absolute Gasteiger partial charge is 0.506 e. The molecule has 1 aromatic carbocycles. The van der Waals surface area contributed by atoms with Crippen LogP contribution in [0.25, 0.3) is 0 Å². The van der Waals surface area contributed by atoms with Gasteiger partial charge in [0.1, 0.15) is 16.5 Å². The Morgan fingerprint density at radius 1 is 1.45 bits per heavy atom. The third-order valence-corrected chi connectivity index (χ3v) is 1.83. The van der Waals surface area contributed by atoms with Gasteiger partial charge in [0.25, 0.3) is 0 Å². The van der Waals surface area contributed by atoms with Gasteiger partial charge in [0.2, 0.25) is 0 Å². The molecule has 1 aromatic rings. The molecule has 0 aliphatic carbocycles. The number of halogens is 1. The van der Waals surface area contributed by atoms with Crippen molar-refractivity contribution in [1.82, 2.24) is 0 Å². The molecule has 3 nitrogen and oxygen atoms in total. The molecule has 0 spiro atoms. The predicted octanol–water partition coefficient (Wildman–Crippen LogP) is 1.11. The molecular formula is C6H5FO3S. The predicted molar refractivity (Wildman–Crippen MR) is 37.1 cm³/mol. The summed E-state index contributed by atoms with van der Waals surface area (Å²) in [5.41, 5.74) is 0. The van der Waals surface area contributed by atoms with E-state index < -0.39 is 22.6 Å². The van der Waals surface area contributed by atoms with Crippen LogP contribution in [0.15, 0.2) is 23.1 Å². The Bertz CT molecular complexity index is 300. The zero-order valence-corrected chi connectivity index (χ0v) is 6.14. The maximum absolute atomic E-state index is 12.3. The molecular weight excluding hydrogens is 171 g/mol. The number of phenols is 1. The fourth-order valence-electron chi connectivity index (χ4n) is 0.638. The van der Waals surface area contributed by atoms with Crippen LogP contribution in [0.5, 0.6) is 5.75 Å². The monoisotopic (exact) mass is 176 g/mol. The molecule has 0 aliphatic rings. The first kappa shape index (κ1) is 8.16. The SMILES string of the molecule is O=S(O)c1ccc(F)cc1O. The molecule has 11 heavy (non-hydrogen) atoms. The fraction of sp³-hybridized carbons (Fsp3) is 0. The molecule has 0 radical (unpaired) electrons. The van der Waals surface area contributed by atoms with Gasteiger partial charge in [0.15, 0.2) is 11.1 Å². The summed E-state index contributed by atoms with van der Waals surface area (Å²) in [5, 5.41) is 8.87. The Hall–Kier alpha value is -0.940. The Balaban J connectivity index is 3.20. The average molecular weight is 176 g/mol. The van der Waals surface area contributed by atoms with Crippen LogP contribution in [0, 0.1) is 5.82 Å². The van der Waals surface area contributed by atoms with Crippen molar-refractivity contribution in [3.05, 3.63) is 24.0 Å². The summed E-state index contributed by atoms with van der Waals surface area (Å²) in [6.07, 6.45) is 0. The van der Waals surface area contributed by atoms with Gasteiger partial charge in [-0.3, -0.25) is 0 Å². The molecule has 0 fully saturated rings. The Kier molecular flexibility index (Phi) is 2.21. The van der Waals surface area contributed by atoms with Crippen LogP contribution >= 0.6 is 0 Å². The first-order valence-electron chi connectivity index (χ1n) is 2.70. The van der Waals surface area contributed by atoms with E-state index in [1.54, 1.807) is 0 Å². The molecule has 1 atom stereocenters. The molecule has 0 saturated heterocycles. The van der Waals surface area contributed by atoms with Gasteiger partial charge in [0.05, 0.1) is 0 Å². The fourth-order valence-corrected chi connectivity index (χ4v) is 1.06. The van der Waals surface area contributed by atoms with E-state index in [0.717, 1.165) is 18.2 Å². The van der Waals surface area contributed by atoms with Gasteiger partial charge in [-0.2, -0.15) is 0 Å². The van der Waals surface area contributed by atoms with Gasteiger partial charge in [-0.05, 0) is 12.1 Å². The van der Waals surface area contributed by atoms with Crippen LogP contribution in [-0.4, -0.2) is 13.9 Å². The van der Waals surface area contributed by atoms with Gasteiger partial charge in [0, 0.05) is 6.07 Å². The summed E-state index contributed by atoms with van der Waals surface area (Å²) in [6.45, 7) is 0. The van der Waals surface area contributed by atoms with Gasteiger partial charge >= 0.3 is 0 Å². The van der Waals surface area contributed by atoms with E-state index in [1.807, 2.05) is 0 Å². The van der Waals surface area contributed by atoms with Crippen LogP contribution in [-0.2, 0) is 11.1 Å². The number of hydrogen-bond donors (Lipinski definition) is 2. The standard InChI is InChI=1S/C6H5FO3S/c7-4-1-2-6(11(9)10)5(8)3-4/h1-3,8H,(H,9,10). The topological polar surface area (TPSA) is 57.5 Å². The van der Waals surface area contributed by atoms with Crippen LogP contribution in [0.1, 0.15) is 0 Å². The summed E-state index contributed by atoms with van der Waals surface area (Å²) >= 11 is -2.27. The van der Waals surface area contributed by atoms with E-state index in [-0.39, 0.29) is 4.90 Å². The molecule has 60 valence electrons. The molecule has 0 aromatic heterocycles. The summed E-state index contributed by atoms with van der Waals surface area (Å²) < 4.78 is 31.1. The van der Waals surface area contributed by atoms with Crippen molar-refractivity contribution >= 4 is 11.1 Å². The van der Waals surface area contributed by atoms with Gasteiger partial charge in [-0.15, -0.1) is 0 Å². The summed E-state index contributed by atoms with van der Waals surface area (Å²) in [5.74, 6) is -1.15. The highest BCUT2D eigenvalue weighted by atomic mass is 32.2. The lowest BCUT2D eigenvalue weighted by molar-refractivity contribution is 0.451. The van der Waals surface area contributed by atoms with Crippen LogP contribution in [0.3, 0.4) is 0 Å². The second-order valence-corrected chi connectivity index (χ2v) is 2.80. The number of phenolic OH excluding ortho intramolecular Hbond substituents is 1. The summed E-state index contributed by atoms with van der Waals surface area (Å²) in [4.78, 5) is -0.189. The maximum Gasteiger partial charge on any atom is 0.190 e. The van der Waals surface area contributed by atoms with E-state index in [0.29, 0.717) is 0 Å². The highest BCUT2D eigenvalue weighted by molar-refractivity contribution is 7.79. The van der Waals surface area contributed by atoms with Gasteiger partial charge in [-0.25, -0.2) is 8.60 Å². The van der Waals surface area contributed by atoms with Gasteiger partial charge in [-0.1, -0.05) is 0 Å². The molecule has 0 aliphatic heterocycles. The molecule has 1 unspecified atom stereocenters. The van der Waals surface area contributed by atoms with Crippen molar-refractivity contribution in [1.29, 1.82) is 0 Å². The number of hydrogen-bond acceptors (Lipinski definition) is 2. The van der Waals surface area contributed by atoms with E-state index >= 15 is 0 Å². The lowest BCUT2D eigenvalue weighted by Gasteiger charge is -1.97. The quantitative estimate of drug-likeness (QED) is 0.630. The molecule has 2 N–H and O–H groups in total. The Morgan fingerprint density at radius 3 is 2.55 bits per heavy atom. The minimum absolute atomic E-state index is 0.189. The molecule has 0 amide bonds. The van der Waals surface area contributed by atoms with Crippen molar-refractivity contribution in [3.63, 3.8) is 0 Å². The minimum Gasteiger partial charge on any atom is -0.506 e. The van der Waals surface area contributed by atoms with Crippen molar-refractivity contribution in [2.45, 2.75) is 4.90 Å². The maximum atomic E-state index is 12.3. The van der Waals surface area contributed by atoms with E-state index in [2.05, 4.69) is 0 Å². The molecule has 0 bridgehead atoms. The zero-order valence-electron chi connectivity index (χ0n) is 5.32. The van der Waals surface area contributed by atoms with Crippen molar-refractivity contribution in [2.24, 2.45) is 0 Å². The first-order valence-corrected chi connectivity index (χ1v) is 3.81. The third kappa shape index (κ3) is 1.75. The average Bonchev–Trinajstić information content (AvgIpc) is 1.85. The normalized spacial score (nSPS) is 12.9. The van der Waals surface area contributed by atoms with Crippen molar-refractivity contribution in [3.8, 4) is 5.75 Å². The summed E-state index contributed by atoms with van der Waals surface area (Å²) in [6, 6.07) is 2.84. The smallest absolute Gasteiger partial charge is 0.190 e. The lowest BCUT2D eigenvalue weighted by Crippen LogP contribution is -1.89. The van der Waals surface area contributed by atoms with E-state index in [4.69, 9.17) is 9.66 Å². The molecule has 5 heteroatoms. The molecule has 1 rings (SSSR count). The summed E-state index contributed by atoms with van der Waals surface area (Å²) in [7, 11) is 0. The highest BCUT2D eigenvalue weighted by Gasteiger charge is 2.06. The molecule has 0 saturated carbocycles. The van der Waals surface area contributed by atoms with Crippen LogP contribution < -0.4 is 0 Å². The van der Waals surface area contributed by atoms with E-state index in [1.165, 1.54) is 0 Å². The minimum atomic E-state index is -2.27. The zero-order chi connectivity index (χ0) is 8.43. The van der Waals surface area contributed by atoms with E-state index in [9.17, 15) is 8.60 Å². The second kappa shape index (κ2) is 2.98. The number of aromatic hydroxyl groups is 1. The second-order valence-electron chi connectivity index (χ2n) is 1.86. The third-order valence-electron chi connectivity index (χ3n) is 1.11. The lowest BCUT2D eigenvalue weighted by atomic mass is 10.3. The highest BCUT2D eigenvalue weighted by Crippen LogP contribution is 2.20. The number of benzene rings is 1. The molecule has 0 heterocycles. The number of rotatable bonds is 1. The van der Waals surface area contributed by atoms with Gasteiger partial charge < -0.3 is 9.66 Å². The Labute approximate surface area is 64.8 Å². The van der Waals surface area contributed by atoms with Crippen molar-refractivity contribution < 1.29 is 18.3 Å². The van der Waals surface area contributed by atoms with Crippen molar-refractivity contribution in [2.75, 3.05) is 0 Å².